The Bertz CT molecular complexity index is 193. The molecule has 0 heterocycles. The molecule has 0 bridgehead atoms. The van der Waals surface area contributed by atoms with E-state index in [9.17, 15) is 0 Å². The van der Waals surface area contributed by atoms with E-state index in [1.807, 2.05) is 26.0 Å². The van der Waals surface area contributed by atoms with Gasteiger partial charge in [-0.15, -0.1) is 0 Å². The average Bonchev–Trinajstić information content (AvgIpc) is 1.99. The molecular weight excluding hydrogens is 134 g/mol. The van der Waals surface area contributed by atoms with Gasteiger partial charge in [-0.05, 0) is 26.3 Å². The summed E-state index contributed by atoms with van der Waals surface area (Å²) in [4.78, 5) is 0. The molecule has 1 nitrogen and oxygen atoms in total. The number of hydrogen-bond donors (Lipinski definition) is 1. The first-order chi connectivity index (χ1) is 5.07. The van der Waals surface area contributed by atoms with Gasteiger partial charge in [0, 0.05) is 5.70 Å². The fourth-order valence-corrected chi connectivity index (χ4v) is 0.492. The van der Waals surface area contributed by atoms with Gasteiger partial charge in [-0.25, -0.2) is 0 Å². The molecule has 0 aliphatic heterocycles. The van der Waals surface area contributed by atoms with Crippen molar-refractivity contribution in [1.82, 2.24) is 0 Å². The van der Waals surface area contributed by atoms with E-state index in [1.165, 1.54) is 0 Å². The van der Waals surface area contributed by atoms with Crippen molar-refractivity contribution in [2.45, 2.75) is 27.2 Å². The fourth-order valence-electron chi connectivity index (χ4n) is 0.492. The fraction of sp³-hybridized carbons (Fsp3) is 0.400. The van der Waals surface area contributed by atoms with E-state index in [0.29, 0.717) is 0 Å². The molecule has 0 amide bonds. The van der Waals surface area contributed by atoms with E-state index in [2.05, 4.69) is 13.5 Å². The van der Waals surface area contributed by atoms with Crippen molar-refractivity contribution in [2.24, 2.45) is 5.73 Å². The minimum Gasteiger partial charge on any atom is -0.399 e. The minimum absolute atomic E-state index is 0.833. The van der Waals surface area contributed by atoms with Crippen molar-refractivity contribution in [3.63, 3.8) is 0 Å². The van der Waals surface area contributed by atoms with E-state index in [4.69, 9.17) is 5.73 Å². The van der Waals surface area contributed by atoms with E-state index in [0.717, 1.165) is 23.3 Å². The van der Waals surface area contributed by atoms with Crippen molar-refractivity contribution in [1.29, 1.82) is 0 Å². The molecule has 0 saturated carbocycles. The highest BCUT2D eigenvalue weighted by molar-refractivity contribution is 5.26. The quantitative estimate of drug-likeness (QED) is 0.617. The topological polar surface area (TPSA) is 26.0 Å². The molecule has 0 unspecified atom stereocenters. The molecule has 11 heavy (non-hydrogen) atoms. The number of hydrogen-bond acceptors (Lipinski definition) is 1. The average molecular weight is 151 g/mol. The van der Waals surface area contributed by atoms with Gasteiger partial charge >= 0.3 is 0 Å². The van der Waals surface area contributed by atoms with Gasteiger partial charge in [0.25, 0.3) is 0 Å². The second kappa shape index (κ2) is 4.78. The summed E-state index contributed by atoms with van der Waals surface area (Å²) in [7, 11) is 0. The molecule has 0 saturated heterocycles. The smallest absolute Gasteiger partial charge is 0.0300 e. The Balaban J connectivity index is 4.15. The number of rotatable bonds is 3. The van der Waals surface area contributed by atoms with Gasteiger partial charge in [0.05, 0.1) is 0 Å². The summed E-state index contributed by atoms with van der Waals surface area (Å²) in [5.74, 6) is 0. The molecule has 0 spiro atoms. The van der Waals surface area contributed by atoms with Crippen LogP contribution in [0.25, 0.3) is 0 Å². The van der Waals surface area contributed by atoms with Crippen LogP contribution in [0.4, 0.5) is 0 Å². The molecule has 2 N–H and O–H groups in total. The zero-order valence-electron chi connectivity index (χ0n) is 7.65. The Morgan fingerprint density at radius 1 is 1.36 bits per heavy atom. The summed E-state index contributed by atoms with van der Waals surface area (Å²) in [6.45, 7) is 9.90. The zero-order valence-corrected chi connectivity index (χ0v) is 7.65. The first-order valence-electron chi connectivity index (χ1n) is 3.86. The van der Waals surface area contributed by atoms with Gasteiger partial charge in [0.1, 0.15) is 0 Å². The number of nitrogens with two attached hydrogens (primary N) is 1. The first-order valence-corrected chi connectivity index (χ1v) is 3.86. The molecule has 0 aliphatic rings. The van der Waals surface area contributed by atoms with Crippen LogP contribution in [0.15, 0.2) is 35.6 Å². The highest BCUT2D eigenvalue weighted by atomic mass is 14.6. The van der Waals surface area contributed by atoms with Gasteiger partial charge in [-0.1, -0.05) is 30.7 Å². The summed E-state index contributed by atoms with van der Waals surface area (Å²) in [5, 5.41) is 0. The molecule has 0 aromatic carbocycles. The molecule has 0 atom stereocenters. The second-order valence-electron chi connectivity index (χ2n) is 2.80. The third kappa shape index (κ3) is 4.43. The van der Waals surface area contributed by atoms with Crippen molar-refractivity contribution < 1.29 is 0 Å². The maximum Gasteiger partial charge on any atom is 0.0300 e. The predicted molar refractivity (Wildman–Crippen MR) is 51.1 cm³/mol. The normalized spacial score (nSPS) is 10.1. The second-order valence-corrected chi connectivity index (χ2v) is 2.80. The summed E-state index contributed by atoms with van der Waals surface area (Å²) in [6.07, 6.45) is 4.84. The van der Waals surface area contributed by atoms with Crippen LogP contribution >= 0.6 is 0 Å². The zero-order chi connectivity index (χ0) is 8.85. The highest BCUT2D eigenvalue weighted by Gasteiger charge is 1.86. The predicted octanol–water partition coefficient (Wildman–Crippen LogP) is 2.76. The van der Waals surface area contributed by atoms with Crippen LogP contribution in [0.3, 0.4) is 0 Å². The van der Waals surface area contributed by atoms with Crippen molar-refractivity contribution in [3.8, 4) is 0 Å². The Morgan fingerprint density at radius 3 is 2.27 bits per heavy atom. The molecule has 0 aromatic heterocycles. The lowest BCUT2D eigenvalue weighted by molar-refractivity contribution is 1.15. The molecule has 0 rings (SSSR count). The monoisotopic (exact) mass is 151 g/mol. The van der Waals surface area contributed by atoms with Gasteiger partial charge in [0.15, 0.2) is 0 Å². The highest BCUT2D eigenvalue weighted by Crippen LogP contribution is 2.02. The van der Waals surface area contributed by atoms with Crippen LogP contribution in [0.5, 0.6) is 0 Å². The van der Waals surface area contributed by atoms with Gasteiger partial charge in [-0.3, -0.25) is 0 Å². The maximum atomic E-state index is 5.67. The third-order valence-electron chi connectivity index (χ3n) is 1.53. The SMILES string of the molecule is C=C(/C=C\C(N)=C(C)C)CC. The standard InChI is InChI=1S/C10H17N/c1-5-9(4)6-7-10(11)8(2)3/h6-7H,4-5,11H2,1-3H3/b7-6-. The lowest BCUT2D eigenvalue weighted by Crippen LogP contribution is -1.94. The molecule has 0 aliphatic carbocycles. The van der Waals surface area contributed by atoms with Crippen molar-refractivity contribution in [2.75, 3.05) is 0 Å². The van der Waals surface area contributed by atoms with Gasteiger partial charge in [-0.2, -0.15) is 0 Å². The molecular formula is C10H17N. The Morgan fingerprint density at radius 2 is 1.91 bits per heavy atom. The van der Waals surface area contributed by atoms with E-state index < -0.39 is 0 Å². The summed E-state index contributed by atoms with van der Waals surface area (Å²) >= 11 is 0. The van der Waals surface area contributed by atoms with E-state index >= 15 is 0 Å². The van der Waals surface area contributed by atoms with Gasteiger partial charge in [0.2, 0.25) is 0 Å². The Labute approximate surface area is 69.3 Å². The Hall–Kier alpha value is -0.980. The summed E-state index contributed by atoms with van der Waals surface area (Å²) in [6, 6.07) is 0. The summed E-state index contributed by atoms with van der Waals surface area (Å²) in [5.41, 5.74) is 8.75. The lowest BCUT2D eigenvalue weighted by atomic mass is 10.2. The minimum atomic E-state index is 0.833. The van der Waals surface area contributed by atoms with E-state index in [1.54, 1.807) is 0 Å². The summed E-state index contributed by atoms with van der Waals surface area (Å²) < 4.78 is 0. The molecule has 0 radical (unpaired) electrons. The van der Waals surface area contributed by atoms with Crippen LogP contribution in [0.1, 0.15) is 27.2 Å². The van der Waals surface area contributed by atoms with Crippen LogP contribution in [-0.2, 0) is 0 Å². The first kappa shape index (κ1) is 10.0. The van der Waals surface area contributed by atoms with Crippen LogP contribution in [0.2, 0.25) is 0 Å². The van der Waals surface area contributed by atoms with Crippen LogP contribution in [0, 0.1) is 0 Å². The largest absolute Gasteiger partial charge is 0.399 e. The molecule has 0 fully saturated rings. The van der Waals surface area contributed by atoms with Crippen LogP contribution in [-0.4, -0.2) is 0 Å². The van der Waals surface area contributed by atoms with Crippen molar-refractivity contribution in [3.05, 3.63) is 35.6 Å². The van der Waals surface area contributed by atoms with Crippen molar-refractivity contribution >= 4 is 0 Å². The molecule has 62 valence electrons. The molecule has 0 aromatic rings. The van der Waals surface area contributed by atoms with Crippen LogP contribution < -0.4 is 5.73 Å². The van der Waals surface area contributed by atoms with Gasteiger partial charge < -0.3 is 5.73 Å². The Kier molecular flexibility index (Phi) is 4.35. The maximum absolute atomic E-state index is 5.67. The number of allylic oxidation sites excluding steroid dienone is 4. The third-order valence-corrected chi connectivity index (χ3v) is 1.53. The molecule has 1 heteroatoms. The lowest BCUT2D eigenvalue weighted by Gasteiger charge is -1.96. The van der Waals surface area contributed by atoms with E-state index in [-0.39, 0.29) is 0 Å².